The lowest BCUT2D eigenvalue weighted by Gasteiger charge is -2.31. The number of nitrogens with zero attached hydrogens (tertiary/aromatic N) is 4. The van der Waals surface area contributed by atoms with Crippen LogP contribution in [0.3, 0.4) is 0 Å². The average Bonchev–Trinajstić information content (AvgIpc) is 3.27. The lowest BCUT2D eigenvalue weighted by atomic mass is 10.1. The first kappa shape index (κ1) is 32.8. The molecule has 3 N–H and O–H groups in total. The number of halogens is 3. The van der Waals surface area contributed by atoms with Gasteiger partial charge in [0.15, 0.2) is 5.13 Å². The number of aromatic nitrogens is 1. The maximum absolute atomic E-state index is 14.1. The zero-order valence-corrected chi connectivity index (χ0v) is 25.6. The number of hydrogen-bond donors (Lipinski definition) is 2. The van der Waals surface area contributed by atoms with Gasteiger partial charge in [0.25, 0.3) is 0 Å². The van der Waals surface area contributed by atoms with E-state index in [1.165, 1.54) is 10.4 Å². The van der Waals surface area contributed by atoms with Gasteiger partial charge in [0, 0.05) is 38.8 Å². The van der Waals surface area contributed by atoms with Crippen LogP contribution < -0.4 is 11.1 Å². The standard InChI is InChI=1S/C27H34F2N6O3S2.ClH/c1-33(2)15-16-34(3)17-18-7-9-20(10-8-18)40(37,38)35-13-11-19(12-14-35)31-27-32-26(30)25(39-27)24(36)23-21(28)5-4-6-22(23)29;/h4-10,19H,11-17,30H2,1-3H3,(H,31,32);1H. The van der Waals surface area contributed by atoms with Gasteiger partial charge in [0.1, 0.15) is 22.3 Å². The Morgan fingerprint density at radius 1 is 1.07 bits per heavy atom. The summed E-state index contributed by atoms with van der Waals surface area (Å²) in [5.74, 6) is -2.93. The molecule has 0 radical (unpaired) electrons. The highest BCUT2D eigenvalue weighted by Gasteiger charge is 2.30. The Bertz CT molecular complexity index is 1430. The van der Waals surface area contributed by atoms with Gasteiger partial charge in [0.2, 0.25) is 15.8 Å². The molecule has 224 valence electrons. The van der Waals surface area contributed by atoms with E-state index in [1.54, 1.807) is 12.1 Å². The minimum absolute atomic E-state index is 0. The lowest BCUT2D eigenvalue weighted by Crippen LogP contribution is -2.42. The van der Waals surface area contributed by atoms with E-state index in [1.807, 2.05) is 33.3 Å². The second-order valence-corrected chi connectivity index (χ2v) is 13.1. The van der Waals surface area contributed by atoms with E-state index in [-0.39, 0.29) is 34.0 Å². The van der Waals surface area contributed by atoms with Gasteiger partial charge in [-0.3, -0.25) is 4.79 Å². The molecule has 1 fully saturated rings. The number of ketones is 1. The minimum atomic E-state index is -3.64. The van der Waals surface area contributed by atoms with Crippen LogP contribution in [0.4, 0.5) is 19.7 Å². The first-order valence-electron chi connectivity index (χ1n) is 12.9. The highest BCUT2D eigenvalue weighted by molar-refractivity contribution is 7.89. The van der Waals surface area contributed by atoms with Crippen molar-refractivity contribution in [1.82, 2.24) is 19.1 Å². The molecule has 0 amide bonds. The third kappa shape index (κ3) is 7.99. The van der Waals surface area contributed by atoms with E-state index < -0.39 is 33.0 Å². The maximum atomic E-state index is 14.1. The van der Waals surface area contributed by atoms with Gasteiger partial charge in [-0.2, -0.15) is 4.31 Å². The summed E-state index contributed by atoms with van der Waals surface area (Å²) in [7, 11) is 2.45. The molecule has 14 heteroatoms. The third-order valence-corrected chi connectivity index (χ3v) is 9.69. The SMILES string of the molecule is CN(C)CCN(C)Cc1ccc(S(=O)(=O)N2CCC(Nc3nc(N)c(C(=O)c4c(F)cccc4F)s3)CC2)cc1.Cl. The molecule has 3 aromatic rings. The van der Waals surface area contributed by atoms with Crippen LogP contribution >= 0.6 is 23.7 Å². The van der Waals surface area contributed by atoms with E-state index in [0.29, 0.717) is 31.1 Å². The van der Waals surface area contributed by atoms with Crippen molar-refractivity contribution in [1.29, 1.82) is 0 Å². The van der Waals surface area contributed by atoms with Gasteiger partial charge in [0.05, 0.1) is 10.5 Å². The Balaban J connectivity index is 0.00000462. The first-order chi connectivity index (χ1) is 19.0. The predicted octanol–water partition coefficient (Wildman–Crippen LogP) is 3.91. The number of piperidine rings is 1. The molecule has 41 heavy (non-hydrogen) atoms. The van der Waals surface area contributed by atoms with Crippen molar-refractivity contribution < 1.29 is 22.0 Å². The van der Waals surface area contributed by atoms with Gasteiger partial charge in [-0.05, 0) is 63.8 Å². The summed E-state index contributed by atoms with van der Waals surface area (Å²) in [5, 5.41) is 3.53. The zero-order valence-electron chi connectivity index (χ0n) is 23.1. The summed E-state index contributed by atoms with van der Waals surface area (Å²) in [6, 6.07) is 10.1. The summed E-state index contributed by atoms with van der Waals surface area (Å²) < 4.78 is 56.1. The molecule has 2 heterocycles. The number of hydrogen-bond acceptors (Lipinski definition) is 9. The number of thiazole rings is 1. The van der Waals surface area contributed by atoms with Crippen molar-refractivity contribution >= 4 is 50.5 Å². The number of anilines is 2. The number of carbonyl (C=O) groups is 1. The highest BCUT2D eigenvalue weighted by atomic mass is 35.5. The Kier molecular flexibility index (Phi) is 11.2. The van der Waals surface area contributed by atoms with Crippen LogP contribution in [0.2, 0.25) is 0 Å². The Labute approximate surface area is 249 Å². The molecule has 1 aliphatic heterocycles. The summed E-state index contributed by atoms with van der Waals surface area (Å²) in [6.07, 6.45) is 1.03. The number of benzene rings is 2. The predicted molar refractivity (Wildman–Crippen MR) is 160 cm³/mol. The Morgan fingerprint density at radius 2 is 1.68 bits per heavy atom. The molecule has 2 aromatic carbocycles. The molecule has 0 unspecified atom stereocenters. The largest absolute Gasteiger partial charge is 0.382 e. The van der Waals surface area contributed by atoms with Crippen molar-refractivity contribution in [2.45, 2.75) is 30.3 Å². The smallest absolute Gasteiger partial charge is 0.243 e. The van der Waals surface area contributed by atoms with Crippen LogP contribution in [-0.2, 0) is 16.6 Å². The molecule has 0 spiro atoms. The van der Waals surface area contributed by atoms with Gasteiger partial charge in [-0.1, -0.05) is 29.5 Å². The number of sulfonamides is 1. The minimum Gasteiger partial charge on any atom is -0.382 e. The second-order valence-electron chi connectivity index (χ2n) is 10.2. The van der Waals surface area contributed by atoms with Gasteiger partial charge in [-0.25, -0.2) is 22.2 Å². The molecule has 4 rings (SSSR count). The van der Waals surface area contributed by atoms with Crippen molar-refractivity contribution in [3.63, 3.8) is 0 Å². The third-order valence-electron chi connectivity index (χ3n) is 6.77. The van der Waals surface area contributed by atoms with Crippen molar-refractivity contribution in [3.05, 3.63) is 70.1 Å². The molecule has 0 atom stereocenters. The molecular weight excluding hydrogens is 594 g/mol. The quantitative estimate of drug-likeness (QED) is 0.308. The summed E-state index contributed by atoms with van der Waals surface area (Å²) in [4.78, 5) is 21.4. The van der Waals surface area contributed by atoms with Crippen LogP contribution in [0.1, 0.15) is 33.6 Å². The molecule has 1 aromatic heterocycles. The molecule has 1 saturated heterocycles. The summed E-state index contributed by atoms with van der Waals surface area (Å²) >= 11 is 0.919. The van der Waals surface area contributed by atoms with Gasteiger partial charge in [-0.15, -0.1) is 12.4 Å². The number of rotatable bonds is 11. The zero-order chi connectivity index (χ0) is 29.0. The lowest BCUT2D eigenvalue weighted by molar-refractivity contribution is 0.103. The van der Waals surface area contributed by atoms with E-state index >= 15 is 0 Å². The fraction of sp³-hybridized carbons (Fsp3) is 0.407. The molecule has 1 aliphatic rings. The molecule has 0 bridgehead atoms. The average molecular weight is 629 g/mol. The van der Waals surface area contributed by atoms with Crippen molar-refractivity contribution in [2.24, 2.45) is 0 Å². The summed E-state index contributed by atoms with van der Waals surface area (Å²) in [6.45, 7) is 3.20. The van der Waals surface area contributed by atoms with Crippen LogP contribution in [0.5, 0.6) is 0 Å². The second kappa shape index (κ2) is 14.0. The number of nitrogens with two attached hydrogens (primary N) is 1. The van der Waals surface area contributed by atoms with E-state index in [2.05, 4.69) is 20.1 Å². The van der Waals surface area contributed by atoms with Gasteiger partial charge < -0.3 is 20.9 Å². The number of likely N-dealkylation sites (N-methyl/N-ethyl adjacent to an activating group) is 2. The number of nitrogens with one attached hydrogen (secondary N) is 1. The normalized spacial score (nSPS) is 14.8. The molecular formula is C27H35ClF2N6O3S2. The highest BCUT2D eigenvalue weighted by Crippen LogP contribution is 2.31. The topological polar surface area (TPSA) is 112 Å². The monoisotopic (exact) mass is 628 g/mol. The van der Waals surface area contributed by atoms with Gasteiger partial charge >= 0.3 is 0 Å². The summed E-state index contributed by atoms with van der Waals surface area (Å²) in [5.41, 5.74) is 6.26. The van der Waals surface area contributed by atoms with E-state index in [9.17, 15) is 22.0 Å². The fourth-order valence-corrected chi connectivity index (χ4v) is 6.85. The molecule has 0 saturated carbocycles. The van der Waals surface area contributed by atoms with Crippen molar-refractivity contribution in [2.75, 3.05) is 58.4 Å². The van der Waals surface area contributed by atoms with Crippen LogP contribution in [0.25, 0.3) is 0 Å². The Hall–Kier alpha value is -2.68. The molecule has 9 nitrogen and oxygen atoms in total. The first-order valence-corrected chi connectivity index (χ1v) is 15.1. The van der Waals surface area contributed by atoms with Crippen LogP contribution in [0.15, 0.2) is 47.4 Å². The Morgan fingerprint density at radius 3 is 2.27 bits per heavy atom. The van der Waals surface area contributed by atoms with E-state index in [0.717, 1.165) is 48.7 Å². The number of nitrogen functional groups attached to an aromatic ring is 1. The number of carbonyl (C=O) groups excluding carboxylic acids is 1. The van der Waals surface area contributed by atoms with Crippen molar-refractivity contribution in [3.8, 4) is 0 Å². The fourth-order valence-electron chi connectivity index (χ4n) is 4.48. The van der Waals surface area contributed by atoms with Crippen LogP contribution in [0, 0.1) is 11.6 Å². The molecule has 0 aliphatic carbocycles. The van der Waals surface area contributed by atoms with Crippen LogP contribution in [-0.4, -0.2) is 86.7 Å². The van der Waals surface area contributed by atoms with E-state index in [4.69, 9.17) is 5.73 Å². The maximum Gasteiger partial charge on any atom is 0.243 e.